The Balaban J connectivity index is 2.64. The Bertz CT molecular complexity index is 603. The summed E-state index contributed by atoms with van der Waals surface area (Å²) in [6.45, 7) is 2.53. The highest BCUT2D eigenvalue weighted by molar-refractivity contribution is 5.96. The summed E-state index contributed by atoms with van der Waals surface area (Å²) in [5.41, 5.74) is 0.404. The maximum atomic E-state index is 12.2. The van der Waals surface area contributed by atoms with Crippen LogP contribution in [0.3, 0.4) is 0 Å². The van der Waals surface area contributed by atoms with Gasteiger partial charge in [-0.1, -0.05) is 18.2 Å². The number of carboxylic acid groups (broad SMARTS) is 1. The first-order valence-corrected chi connectivity index (χ1v) is 7.43. The smallest absolute Gasteiger partial charge is 0.326 e. The second-order valence-electron chi connectivity index (χ2n) is 5.13. The zero-order valence-electron chi connectivity index (χ0n) is 13.6. The number of rotatable bonds is 8. The quantitative estimate of drug-likeness (QED) is 0.611. The van der Waals surface area contributed by atoms with Crippen LogP contribution in [0.2, 0.25) is 0 Å². The van der Waals surface area contributed by atoms with Crippen molar-refractivity contribution < 1.29 is 24.3 Å². The summed E-state index contributed by atoms with van der Waals surface area (Å²) in [7, 11) is 0. The number of aliphatic carboxylic acids is 1. The SMILES string of the molecule is CC(=O)NCCN(C(=O)CNC(=O)c1ccccc1)C(C)C(=O)O. The molecule has 0 aliphatic carbocycles. The Kier molecular flexibility index (Phi) is 7.41. The normalized spacial score (nSPS) is 11.2. The molecule has 3 amide bonds. The van der Waals surface area contributed by atoms with Crippen molar-refractivity contribution in [1.82, 2.24) is 15.5 Å². The summed E-state index contributed by atoms with van der Waals surface area (Å²) in [5.74, 6) is -2.41. The van der Waals surface area contributed by atoms with Gasteiger partial charge in [-0.15, -0.1) is 0 Å². The lowest BCUT2D eigenvalue weighted by Crippen LogP contribution is -2.50. The van der Waals surface area contributed by atoms with E-state index in [0.29, 0.717) is 5.56 Å². The van der Waals surface area contributed by atoms with E-state index in [-0.39, 0.29) is 25.5 Å². The van der Waals surface area contributed by atoms with Crippen molar-refractivity contribution in [2.24, 2.45) is 0 Å². The zero-order valence-corrected chi connectivity index (χ0v) is 13.6. The Morgan fingerprint density at radius 2 is 1.75 bits per heavy atom. The molecule has 0 aliphatic rings. The molecule has 130 valence electrons. The van der Waals surface area contributed by atoms with Gasteiger partial charge >= 0.3 is 5.97 Å². The van der Waals surface area contributed by atoms with Crippen LogP contribution in [0.5, 0.6) is 0 Å². The van der Waals surface area contributed by atoms with E-state index in [2.05, 4.69) is 10.6 Å². The minimum Gasteiger partial charge on any atom is -0.480 e. The predicted molar refractivity (Wildman–Crippen MR) is 86.3 cm³/mol. The fourth-order valence-electron chi connectivity index (χ4n) is 1.97. The molecule has 1 atom stereocenters. The molecule has 1 aromatic carbocycles. The molecule has 24 heavy (non-hydrogen) atoms. The van der Waals surface area contributed by atoms with Crippen molar-refractivity contribution in [3.63, 3.8) is 0 Å². The van der Waals surface area contributed by atoms with Crippen molar-refractivity contribution in [2.75, 3.05) is 19.6 Å². The molecule has 1 rings (SSSR count). The van der Waals surface area contributed by atoms with Gasteiger partial charge in [-0.3, -0.25) is 14.4 Å². The van der Waals surface area contributed by atoms with Gasteiger partial charge in [0.15, 0.2) is 0 Å². The van der Waals surface area contributed by atoms with E-state index < -0.39 is 23.8 Å². The van der Waals surface area contributed by atoms with Crippen molar-refractivity contribution >= 4 is 23.7 Å². The van der Waals surface area contributed by atoms with Gasteiger partial charge < -0.3 is 20.6 Å². The maximum absolute atomic E-state index is 12.2. The van der Waals surface area contributed by atoms with Gasteiger partial charge in [0.2, 0.25) is 11.8 Å². The first-order valence-electron chi connectivity index (χ1n) is 7.43. The van der Waals surface area contributed by atoms with Crippen molar-refractivity contribution in [1.29, 1.82) is 0 Å². The van der Waals surface area contributed by atoms with Crippen LogP contribution in [0.1, 0.15) is 24.2 Å². The van der Waals surface area contributed by atoms with Crippen LogP contribution in [0.4, 0.5) is 0 Å². The highest BCUT2D eigenvalue weighted by atomic mass is 16.4. The number of nitrogens with one attached hydrogen (secondary N) is 2. The summed E-state index contributed by atoms with van der Waals surface area (Å²) in [4.78, 5) is 47.3. The first kappa shape index (κ1) is 19.1. The Morgan fingerprint density at radius 1 is 1.12 bits per heavy atom. The van der Waals surface area contributed by atoms with Crippen molar-refractivity contribution in [3.05, 3.63) is 35.9 Å². The molecule has 1 aromatic rings. The van der Waals surface area contributed by atoms with E-state index in [1.54, 1.807) is 30.3 Å². The minimum absolute atomic E-state index is 0.0348. The third-order valence-corrected chi connectivity index (χ3v) is 3.31. The van der Waals surface area contributed by atoms with Gasteiger partial charge in [-0.2, -0.15) is 0 Å². The molecule has 8 nitrogen and oxygen atoms in total. The second-order valence-corrected chi connectivity index (χ2v) is 5.13. The summed E-state index contributed by atoms with van der Waals surface area (Å²) in [6.07, 6.45) is 0. The molecular formula is C16H21N3O5. The van der Waals surface area contributed by atoms with Crippen LogP contribution in [-0.4, -0.2) is 59.4 Å². The molecule has 3 N–H and O–H groups in total. The van der Waals surface area contributed by atoms with Gasteiger partial charge in [0.05, 0.1) is 6.54 Å². The van der Waals surface area contributed by atoms with Crippen LogP contribution in [0.15, 0.2) is 30.3 Å². The maximum Gasteiger partial charge on any atom is 0.326 e. The summed E-state index contributed by atoms with van der Waals surface area (Å²) in [6, 6.07) is 7.30. The fourth-order valence-corrected chi connectivity index (χ4v) is 1.97. The van der Waals surface area contributed by atoms with Gasteiger partial charge in [0.1, 0.15) is 6.04 Å². The van der Waals surface area contributed by atoms with Crippen LogP contribution in [-0.2, 0) is 14.4 Å². The molecule has 0 saturated carbocycles. The number of carbonyl (C=O) groups is 4. The largest absolute Gasteiger partial charge is 0.480 e. The molecule has 0 aromatic heterocycles. The van der Waals surface area contributed by atoms with E-state index in [9.17, 15) is 19.2 Å². The van der Waals surface area contributed by atoms with Gasteiger partial charge in [-0.05, 0) is 19.1 Å². The summed E-state index contributed by atoms with van der Waals surface area (Å²) < 4.78 is 0. The third-order valence-electron chi connectivity index (χ3n) is 3.31. The molecule has 0 fully saturated rings. The van der Waals surface area contributed by atoms with Gasteiger partial charge in [-0.25, -0.2) is 4.79 Å². The van der Waals surface area contributed by atoms with E-state index in [1.165, 1.54) is 13.8 Å². The lowest BCUT2D eigenvalue weighted by molar-refractivity contribution is -0.149. The number of carbonyl (C=O) groups excluding carboxylic acids is 3. The summed E-state index contributed by atoms with van der Waals surface area (Å²) >= 11 is 0. The molecule has 0 aliphatic heterocycles. The Morgan fingerprint density at radius 3 is 2.29 bits per heavy atom. The highest BCUT2D eigenvalue weighted by Gasteiger charge is 2.25. The molecule has 0 spiro atoms. The number of carboxylic acids is 1. The molecule has 8 heteroatoms. The predicted octanol–water partition coefficient (Wildman–Crippen LogP) is -0.146. The molecule has 0 radical (unpaired) electrons. The average Bonchev–Trinajstić information content (AvgIpc) is 2.56. The van der Waals surface area contributed by atoms with E-state index in [4.69, 9.17) is 5.11 Å². The van der Waals surface area contributed by atoms with Crippen molar-refractivity contribution in [2.45, 2.75) is 19.9 Å². The number of nitrogens with zero attached hydrogens (tertiary/aromatic N) is 1. The molecule has 0 saturated heterocycles. The minimum atomic E-state index is -1.17. The summed E-state index contributed by atoms with van der Waals surface area (Å²) in [5, 5.41) is 14.1. The molecule has 1 unspecified atom stereocenters. The number of amides is 3. The van der Waals surface area contributed by atoms with Crippen LogP contribution in [0.25, 0.3) is 0 Å². The number of benzene rings is 1. The number of hydrogen-bond donors (Lipinski definition) is 3. The first-order chi connectivity index (χ1) is 11.3. The Hall–Kier alpha value is -2.90. The molecular weight excluding hydrogens is 314 g/mol. The van der Waals surface area contributed by atoms with Crippen LogP contribution < -0.4 is 10.6 Å². The van der Waals surface area contributed by atoms with Crippen molar-refractivity contribution in [3.8, 4) is 0 Å². The topological polar surface area (TPSA) is 116 Å². The second kappa shape index (κ2) is 9.29. The highest BCUT2D eigenvalue weighted by Crippen LogP contribution is 2.01. The lowest BCUT2D eigenvalue weighted by Gasteiger charge is -2.26. The zero-order chi connectivity index (χ0) is 18.1. The van der Waals surface area contributed by atoms with Crippen LogP contribution in [0, 0.1) is 0 Å². The van der Waals surface area contributed by atoms with E-state index in [0.717, 1.165) is 4.90 Å². The van der Waals surface area contributed by atoms with E-state index >= 15 is 0 Å². The molecule has 0 heterocycles. The van der Waals surface area contributed by atoms with Gasteiger partial charge in [0.25, 0.3) is 5.91 Å². The van der Waals surface area contributed by atoms with Crippen LogP contribution >= 0.6 is 0 Å². The standard InChI is InChI=1S/C16H21N3O5/c1-11(16(23)24)19(9-8-17-12(2)20)14(21)10-18-15(22)13-6-4-3-5-7-13/h3-7,11H,8-10H2,1-2H3,(H,17,20)(H,18,22)(H,23,24). The monoisotopic (exact) mass is 335 g/mol. The lowest BCUT2D eigenvalue weighted by atomic mass is 10.2. The Labute approximate surface area is 139 Å². The molecule has 0 bridgehead atoms. The fraction of sp³-hybridized carbons (Fsp3) is 0.375. The van der Waals surface area contributed by atoms with Gasteiger partial charge in [0, 0.05) is 25.6 Å². The third kappa shape index (κ3) is 6.07. The number of hydrogen-bond acceptors (Lipinski definition) is 4. The van der Waals surface area contributed by atoms with E-state index in [1.807, 2.05) is 0 Å². The average molecular weight is 335 g/mol.